The fourth-order valence-electron chi connectivity index (χ4n) is 5.99. The van der Waals surface area contributed by atoms with Gasteiger partial charge in [0.2, 0.25) is 0 Å². The van der Waals surface area contributed by atoms with Gasteiger partial charge < -0.3 is 16.0 Å². The van der Waals surface area contributed by atoms with Crippen LogP contribution in [0.15, 0.2) is 59.7 Å². The van der Waals surface area contributed by atoms with Crippen molar-refractivity contribution in [3.8, 4) is 16.9 Å². The lowest BCUT2D eigenvalue weighted by Gasteiger charge is -2.31. The lowest BCUT2D eigenvalue weighted by Crippen LogP contribution is -2.37. The maximum absolute atomic E-state index is 15.1. The molecular formula is C32H36ClFN8O. The third kappa shape index (κ3) is 6.71. The lowest BCUT2D eigenvalue weighted by molar-refractivity contribution is 0.311. The molecular weight excluding hydrogens is 567 g/mol. The van der Waals surface area contributed by atoms with Crippen molar-refractivity contribution in [1.82, 2.24) is 35.3 Å². The third-order valence-electron chi connectivity index (χ3n) is 8.28. The van der Waals surface area contributed by atoms with E-state index in [-0.39, 0.29) is 17.1 Å². The van der Waals surface area contributed by atoms with Crippen LogP contribution < -0.4 is 16.7 Å². The molecule has 3 atom stereocenters. The fraction of sp³-hybridized carbons (Fsp3) is 0.375. The minimum absolute atomic E-state index is 0.0633. The Kier molecular flexibility index (Phi) is 8.69. The van der Waals surface area contributed by atoms with Crippen LogP contribution in [0, 0.1) is 5.82 Å². The first-order chi connectivity index (χ1) is 20.8. The molecule has 2 aromatic carbocycles. The van der Waals surface area contributed by atoms with Crippen molar-refractivity contribution in [2.24, 2.45) is 5.73 Å². The second-order valence-electron chi connectivity index (χ2n) is 11.6. The van der Waals surface area contributed by atoms with Crippen molar-refractivity contribution >= 4 is 22.6 Å². The molecule has 0 aliphatic carbocycles. The van der Waals surface area contributed by atoms with Crippen molar-refractivity contribution in [2.75, 3.05) is 0 Å². The summed E-state index contributed by atoms with van der Waals surface area (Å²) in [5.41, 5.74) is 10.5. The van der Waals surface area contributed by atoms with Crippen LogP contribution in [0.4, 0.5) is 4.39 Å². The van der Waals surface area contributed by atoms with E-state index in [0.29, 0.717) is 28.3 Å². The van der Waals surface area contributed by atoms with Gasteiger partial charge in [-0.3, -0.25) is 9.67 Å². The van der Waals surface area contributed by atoms with Crippen LogP contribution in [0.25, 0.3) is 28.0 Å². The number of nitrogens with one attached hydrogen (secondary N) is 3. The van der Waals surface area contributed by atoms with Crippen molar-refractivity contribution in [1.29, 1.82) is 0 Å². The van der Waals surface area contributed by atoms with E-state index in [0.717, 1.165) is 68.3 Å². The van der Waals surface area contributed by atoms with E-state index in [1.54, 1.807) is 24.4 Å². The molecule has 1 aliphatic rings. The molecule has 0 spiro atoms. The molecule has 0 amide bonds. The van der Waals surface area contributed by atoms with Crippen LogP contribution in [0.3, 0.4) is 0 Å². The number of nitrogens with zero attached hydrogens (tertiary/aromatic N) is 4. The van der Waals surface area contributed by atoms with E-state index in [1.165, 1.54) is 10.1 Å². The molecule has 1 saturated heterocycles. The highest BCUT2D eigenvalue weighted by atomic mass is 35.5. The predicted octanol–water partition coefficient (Wildman–Crippen LogP) is 5.78. The first-order valence-electron chi connectivity index (χ1n) is 14.9. The first kappa shape index (κ1) is 29.2. The zero-order valence-electron chi connectivity index (χ0n) is 24.1. The third-order valence-corrected chi connectivity index (χ3v) is 8.56. The summed E-state index contributed by atoms with van der Waals surface area (Å²) in [6.45, 7) is 1.97. The minimum Gasteiger partial charge on any atom is -0.339 e. The molecule has 6 rings (SSSR count). The Morgan fingerprint density at radius 3 is 2.77 bits per heavy atom. The molecule has 1 aliphatic heterocycles. The number of nitrogens with two attached hydrogens (primary N) is 1. The molecule has 43 heavy (non-hydrogen) atoms. The molecule has 0 saturated carbocycles. The number of aromatic amines is 2. The summed E-state index contributed by atoms with van der Waals surface area (Å²) in [6, 6.07) is 14.1. The highest BCUT2D eigenvalue weighted by molar-refractivity contribution is 6.31. The Morgan fingerprint density at radius 2 is 2.00 bits per heavy atom. The standard InChI is InChI=1S/C32H36ClFN8O/c1-19(35)4-2-5-20-14-26(30(34)27(33)15-20)29-16-22-18-42(32(43)39-31(22)38-29)25-12-8-21(9-13-25)28-7-3-6-23(37-28)10-11-24-17-36-41-40-24/h8-9,12-19,23,28,37H,2-7,10-11,35H2,1H3,(H,36,40,41)(H,38,39,43)/t19-,23-,28-/m0/s1. The lowest BCUT2D eigenvalue weighted by atomic mass is 9.91. The maximum Gasteiger partial charge on any atom is 0.354 e. The minimum atomic E-state index is -0.508. The van der Waals surface area contributed by atoms with Crippen molar-refractivity contribution < 1.29 is 4.39 Å². The summed E-state index contributed by atoms with van der Waals surface area (Å²) in [6.07, 6.45) is 11.3. The maximum atomic E-state index is 15.1. The molecule has 0 bridgehead atoms. The number of aromatic nitrogens is 6. The van der Waals surface area contributed by atoms with Gasteiger partial charge in [-0.15, -0.1) is 5.10 Å². The Hall–Kier alpha value is -3.86. The largest absolute Gasteiger partial charge is 0.354 e. The second-order valence-corrected chi connectivity index (χ2v) is 12.0. The summed E-state index contributed by atoms with van der Waals surface area (Å²) in [5.74, 6) is -0.508. The number of hydrogen-bond acceptors (Lipinski definition) is 6. The van der Waals surface area contributed by atoms with Gasteiger partial charge in [-0.1, -0.05) is 35.4 Å². The zero-order valence-corrected chi connectivity index (χ0v) is 24.9. The van der Waals surface area contributed by atoms with Crippen molar-refractivity contribution in [2.45, 2.75) is 76.4 Å². The Balaban J connectivity index is 1.20. The van der Waals surface area contributed by atoms with Crippen LogP contribution in [0.1, 0.15) is 68.3 Å². The van der Waals surface area contributed by atoms with E-state index in [1.807, 2.05) is 25.3 Å². The monoisotopic (exact) mass is 602 g/mol. The topological polar surface area (TPSA) is 130 Å². The molecule has 11 heteroatoms. The summed E-state index contributed by atoms with van der Waals surface area (Å²) in [5, 5.41) is 15.2. The van der Waals surface area contributed by atoms with Gasteiger partial charge in [0.05, 0.1) is 22.1 Å². The van der Waals surface area contributed by atoms with Crippen molar-refractivity contribution in [3.63, 3.8) is 0 Å². The number of rotatable bonds is 10. The first-order valence-corrected chi connectivity index (χ1v) is 15.3. The van der Waals surface area contributed by atoms with Crippen LogP contribution >= 0.6 is 11.6 Å². The normalized spacial score (nSPS) is 17.9. The van der Waals surface area contributed by atoms with Gasteiger partial charge in [-0.25, -0.2) is 9.18 Å². The van der Waals surface area contributed by atoms with Gasteiger partial charge in [0, 0.05) is 41.5 Å². The number of benzene rings is 2. The fourth-order valence-corrected chi connectivity index (χ4v) is 6.23. The smallest absolute Gasteiger partial charge is 0.339 e. The number of fused-ring (bicyclic) bond motifs is 1. The average Bonchev–Trinajstić information content (AvgIpc) is 3.67. The summed E-state index contributed by atoms with van der Waals surface area (Å²) in [4.78, 5) is 20.4. The molecule has 9 nitrogen and oxygen atoms in total. The van der Waals surface area contributed by atoms with Gasteiger partial charge in [-0.2, -0.15) is 4.98 Å². The van der Waals surface area contributed by atoms with Gasteiger partial charge in [0.1, 0.15) is 5.65 Å². The van der Waals surface area contributed by atoms with Gasteiger partial charge >= 0.3 is 5.69 Å². The van der Waals surface area contributed by atoms with E-state index in [9.17, 15) is 4.79 Å². The second kappa shape index (κ2) is 12.8. The summed E-state index contributed by atoms with van der Waals surface area (Å²) < 4.78 is 16.6. The van der Waals surface area contributed by atoms with Crippen LogP contribution in [-0.2, 0) is 12.8 Å². The molecule has 0 radical (unpaired) electrons. The van der Waals surface area contributed by atoms with Gasteiger partial charge in [-0.05, 0) is 93.3 Å². The Bertz CT molecular complexity index is 1750. The number of H-pyrrole nitrogens is 2. The Labute approximate surface area is 254 Å². The Morgan fingerprint density at radius 1 is 1.16 bits per heavy atom. The molecule has 3 aromatic heterocycles. The average molecular weight is 603 g/mol. The molecule has 224 valence electrons. The molecule has 5 N–H and O–H groups in total. The molecule has 1 fully saturated rings. The van der Waals surface area contributed by atoms with E-state index < -0.39 is 11.5 Å². The van der Waals surface area contributed by atoms with Crippen LogP contribution in [0.5, 0.6) is 0 Å². The quantitative estimate of drug-likeness (QED) is 0.160. The predicted molar refractivity (Wildman–Crippen MR) is 167 cm³/mol. The number of aryl methyl sites for hydroxylation is 2. The zero-order chi connectivity index (χ0) is 29.9. The van der Waals surface area contributed by atoms with E-state index >= 15 is 4.39 Å². The van der Waals surface area contributed by atoms with Crippen LogP contribution in [0.2, 0.25) is 5.02 Å². The highest BCUT2D eigenvalue weighted by Gasteiger charge is 2.22. The van der Waals surface area contributed by atoms with Crippen LogP contribution in [-0.4, -0.2) is 42.0 Å². The molecule has 4 heterocycles. The van der Waals surface area contributed by atoms with Gasteiger partial charge in [0.25, 0.3) is 0 Å². The van der Waals surface area contributed by atoms with E-state index in [4.69, 9.17) is 17.3 Å². The van der Waals surface area contributed by atoms with E-state index in [2.05, 4.69) is 42.8 Å². The number of halogens is 2. The summed E-state index contributed by atoms with van der Waals surface area (Å²) in [7, 11) is 0. The van der Waals surface area contributed by atoms with Crippen molar-refractivity contribution in [3.05, 3.63) is 93.0 Å². The van der Waals surface area contributed by atoms with Gasteiger partial charge in [0.15, 0.2) is 5.82 Å². The number of piperidine rings is 1. The molecule has 5 aromatic rings. The summed E-state index contributed by atoms with van der Waals surface area (Å²) >= 11 is 6.26. The molecule has 0 unspecified atom stereocenters. The SMILES string of the molecule is C[C@H](N)CCCc1cc(Cl)c(F)c(-c2cc3cn(-c4ccc([C@@H]5CCC[C@@H](CCc6c[nH]nn6)N5)cc4)c(=O)nc3[nH]2)c1. The number of hydrogen-bond donors (Lipinski definition) is 4. The highest BCUT2D eigenvalue weighted by Crippen LogP contribution is 2.32.